The van der Waals surface area contributed by atoms with E-state index in [2.05, 4.69) is 57.8 Å². The Labute approximate surface area is 343 Å². The molecule has 3 aromatic rings. The van der Waals surface area contributed by atoms with Gasteiger partial charge in [-0.05, 0) is 59.8 Å². The van der Waals surface area contributed by atoms with Crippen molar-refractivity contribution < 1.29 is 19.1 Å². The lowest BCUT2D eigenvalue weighted by atomic mass is 9.87. The van der Waals surface area contributed by atoms with Crippen LogP contribution in [0.2, 0.25) is 0 Å². The van der Waals surface area contributed by atoms with Crippen LogP contribution in [-0.2, 0) is 5.41 Å². The largest absolute Gasteiger partial charge is 0.491 e. The van der Waals surface area contributed by atoms with Crippen LogP contribution in [0.15, 0.2) is 67.2 Å². The second-order valence-corrected chi connectivity index (χ2v) is 16.3. The summed E-state index contributed by atoms with van der Waals surface area (Å²) in [5.74, 6) is 0.384. The number of carbonyl (C=O) groups excluding carboxylic acids is 2. The predicted molar refractivity (Wildman–Crippen MR) is 238 cm³/mol. The Balaban J connectivity index is 2.20. The molecule has 0 saturated carbocycles. The van der Waals surface area contributed by atoms with E-state index in [1.807, 2.05) is 45.2 Å². The lowest BCUT2D eigenvalue weighted by Gasteiger charge is -2.22. The van der Waals surface area contributed by atoms with Crippen LogP contribution in [-0.4, -0.2) is 88.0 Å². The zero-order chi connectivity index (χ0) is 42.1. The van der Waals surface area contributed by atoms with E-state index in [1.54, 1.807) is 11.8 Å². The molecule has 18 heteroatoms. The standard InChI is InChI=1S/C39H58N12O4S2/c1-23(2)24-17-28(41)34(57-16-12-47-22-40)30(18-24)51-36(53)27-20-26(31(54-13-9-48-37(42)43)21-32(27)55-14-10-49-38(44)45)35(52)50-29-19-25(39(3,4)5)7-8-33(29)56-15-11-46-6/h7-8,17-23,46H,9-16,41H2,1-6H3,(H2,40,47)(H,50,52)(H,51,53)(H4,42,43,48)(H4,44,45,49). The maximum Gasteiger partial charge on any atom is 0.259 e. The Hall–Kier alpha value is -5.33. The maximum absolute atomic E-state index is 14.5. The smallest absolute Gasteiger partial charge is 0.259 e. The van der Waals surface area contributed by atoms with Gasteiger partial charge in [0.2, 0.25) is 0 Å². The number of aliphatic imine (C=N–C) groups is 3. The van der Waals surface area contributed by atoms with Gasteiger partial charge in [0.25, 0.3) is 11.8 Å². The molecule has 0 unspecified atom stereocenters. The van der Waals surface area contributed by atoms with E-state index in [-0.39, 0.29) is 72.2 Å². The number of amides is 2. The van der Waals surface area contributed by atoms with Crippen LogP contribution in [0.3, 0.4) is 0 Å². The quantitative estimate of drug-likeness (QED) is 0.0243. The third-order valence-electron chi connectivity index (χ3n) is 8.19. The SMILES string of the molecule is CNCCSc1ccc(C(C)(C)C)cc1NC(=O)c1cc(C(=O)Nc2cc(C(C)C)cc(N)c2SCCN=CN)c(OCCN=C(N)N)cc1OCCN=C(N)N. The summed E-state index contributed by atoms with van der Waals surface area (Å²) in [6.45, 7) is 11.8. The van der Waals surface area contributed by atoms with Crippen molar-refractivity contribution in [3.8, 4) is 11.5 Å². The van der Waals surface area contributed by atoms with Crippen LogP contribution in [0.25, 0.3) is 0 Å². The first kappa shape index (κ1) is 46.1. The number of hydrogen-bond acceptors (Lipinski definition) is 11. The molecule has 15 N–H and O–H groups in total. The van der Waals surface area contributed by atoms with E-state index in [0.717, 1.165) is 28.3 Å². The van der Waals surface area contributed by atoms with Crippen molar-refractivity contribution in [2.45, 2.75) is 55.7 Å². The summed E-state index contributed by atoms with van der Waals surface area (Å²) in [5.41, 5.74) is 37.6. The van der Waals surface area contributed by atoms with Crippen molar-refractivity contribution in [1.82, 2.24) is 5.32 Å². The summed E-state index contributed by atoms with van der Waals surface area (Å²) in [5, 5.41) is 9.29. The molecule has 0 aliphatic rings. The van der Waals surface area contributed by atoms with E-state index in [9.17, 15) is 9.59 Å². The first-order valence-electron chi connectivity index (χ1n) is 18.4. The molecule has 0 aliphatic heterocycles. The second-order valence-electron chi connectivity index (χ2n) is 14.0. The minimum atomic E-state index is -0.562. The van der Waals surface area contributed by atoms with Crippen LogP contribution in [0.1, 0.15) is 72.4 Å². The summed E-state index contributed by atoms with van der Waals surface area (Å²) in [6, 6.07) is 12.7. The highest BCUT2D eigenvalue weighted by molar-refractivity contribution is 7.99. The van der Waals surface area contributed by atoms with Gasteiger partial charge in [-0.2, -0.15) is 0 Å². The fourth-order valence-corrected chi connectivity index (χ4v) is 7.06. The minimum absolute atomic E-state index is 0.00248. The van der Waals surface area contributed by atoms with Gasteiger partial charge in [-0.25, -0.2) is 0 Å². The summed E-state index contributed by atoms with van der Waals surface area (Å²) in [6.07, 6.45) is 1.25. The number of nitrogens with zero attached hydrogens (tertiary/aromatic N) is 3. The van der Waals surface area contributed by atoms with E-state index in [4.69, 9.17) is 43.9 Å². The molecule has 16 nitrogen and oxygen atoms in total. The number of thioether (sulfide) groups is 2. The molecule has 3 rings (SSSR count). The maximum atomic E-state index is 14.5. The molecule has 57 heavy (non-hydrogen) atoms. The highest BCUT2D eigenvalue weighted by atomic mass is 32.2. The van der Waals surface area contributed by atoms with Crippen molar-refractivity contribution in [1.29, 1.82) is 0 Å². The van der Waals surface area contributed by atoms with Crippen molar-refractivity contribution in [2.75, 3.05) is 74.3 Å². The van der Waals surface area contributed by atoms with Gasteiger partial charge < -0.3 is 59.8 Å². The Morgan fingerprint density at radius 1 is 0.807 bits per heavy atom. The molecule has 0 heterocycles. The van der Waals surface area contributed by atoms with Gasteiger partial charge in [-0.3, -0.25) is 24.6 Å². The number of rotatable bonds is 21. The van der Waals surface area contributed by atoms with Crippen LogP contribution < -0.4 is 59.8 Å². The molecule has 0 saturated heterocycles. The van der Waals surface area contributed by atoms with E-state index in [0.29, 0.717) is 34.3 Å². The highest BCUT2D eigenvalue weighted by Gasteiger charge is 2.25. The number of ether oxygens (including phenoxy) is 2. The summed E-state index contributed by atoms with van der Waals surface area (Å²) < 4.78 is 12.2. The van der Waals surface area contributed by atoms with Gasteiger partial charge in [0.15, 0.2) is 11.9 Å². The van der Waals surface area contributed by atoms with Crippen molar-refractivity contribution in [3.63, 3.8) is 0 Å². The molecule has 0 radical (unpaired) electrons. The number of nitrogens with two attached hydrogens (primary N) is 6. The lowest BCUT2D eigenvalue weighted by molar-refractivity contribution is 0.102. The topological polar surface area (TPSA) is 282 Å². The zero-order valence-electron chi connectivity index (χ0n) is 33.6. The summed E-state index contributed by atoms with van der Waals surface area (Å²) in [7, 11) is 1.89. The number of carbonyl (C=O) groups is 2. The number of anilines is 3. The second kappa shape index (κ2) is 22.4. The van der Waals surface area contributed by atoms with E-state index < -0.39 is 11.8 Å². The normalized spacial score (nSPS) is 11.4. The number of guanidine groups is 2. The van der Waals surface area contributed by atoms with Gasteiger partial charge >= 0.3 is 0 Å². The fraction of sp³-hybridized carbons (Fsp3) is 0.410. The minimum Gasteiger partial charge on any atom is -0.491 e. The number of benzene rings is 3. The molecule has 0 aliphatic carbocycles. The average Bonchev–Trinajstić information content (AvgIpc) is 3.14. The van der Waals surface area contributed by atoms with E-state index in [1.165, 1.54) is 30.2 Å². The van der Waals surface area contributed by atoms with Crippen LogP contribution >= 0.6 is 23.5 Å². The predicted octanol–water partition coefficient (Wildman–Crippen LogP) is 3.89. The fourth-order valence-electron chi connectivity index (χ4n) is 5.21. The molecule has 0 atom stereocenters. The van der Waals surface area contributed by atoms with Crippen molar-refractivity contribution in [2.24, 2.45) is 43.6 Å². The van der Waals surface area contributed by atoms with E-state index >= 15 is 0 Å². The monoisotopic (exact) mass is 822 g/mol. The molecule has 2 amide bonds. The van der Waals surface area contributed by atoms with Gasteiger partial charge in [0.1, 0.15) is 24.7 Å². The lowest BCUT2D eigenvalue weighted by Crippen LogP contribution is -2.24. The highest BCUT2D eigenvalue weighted by Crippen LogP contribution is 2.38. The Morgan fingerprint density at radius 3 is 1.93 bits per heavy atom. The Bertz CT molecular complexity index is 1920. The summed E-state index contributed by atoms with van der Waals surface area (Å²) >= 11 is 3.04. The Kier molecular flexibility index (Phi) is 18.1. The van der Waals surface area contributed by atoms with Gasteiger partial charge in [0, 0.05) is 34.7 Å². The number of nitrogens with one attached hydrogen (secondary N) is 3. The molecular weight excluding hydrogens is 765 g/mol. The number of hydrogen-bond donors (Lipinski definition) is 9. The van der Waals surface area contributed by atoms with Crippen molar-refractivity contribution in [3.05, 3.63) is 64.7 Å². The zero-order valence-corrected chi connectivity index (χ0v) is 35.2. The molecule has 0 bridgehead atoms. The number of nitrogen functional groups attached to an aromatic ring is 1. The third-order valence-corrected chi connectivity index (χ3v) is 10.4. The van der Waals surface area contributed by atoms with Crippen LogP contribution in [0.4, 0.5) is 17.1 Å². The third kappa shape index (κ3) is 14.6. The van der Waals surface area contributed by atoms with Gasteiger partial charge in [-0.1, -0.05) is 40.7 Å². The first-order chi connectivity index (χ1) is 27.0. The van der Waals surface area contributed by atoms with Crippen LogP contribution in [0.5, 0.6) is 11.5 Å². The van der Waals surface area contributed by atoms with Gasteiger partial charge in [-0.15, -0.1) is 23.5 Å². The molecule has 310 valence electrons. The molecule has 0 aromatic heterocycles. The first-order valence-corrected chi connectivity index (χ1v) is 20.4. The molecule has 3 aromatic carbocycles. The van der Waals surface area contributed by atoms with Crippen LogP contribution in [0, 0.1) is 0 Å². The average molecular weight is 823 g/mol. The molecular formula is C39H58N12O4S2. The van der Waals surface area contributed by atoms with Gasteiger partial charge in [0.05, 0.1) is 53.4 Å². The Morgan fingerprint density at radius 2 is 1.40 bits per heavy atom. The van der Waals surface area contributed by atoms with Crippen molar-refractivity contribution >= 4 is 70.7 Å². The summed E-state index contributed by atoms with van der Waals surface area (Å²) in [4.78, 5) is 42.5. The molecule has 0 fully saturated rings. The molecule has 0 spiro atoms.